The molecule has 0 saturated heterocycles. The van der Waals surface area contributed by atoms with E-state index in [-0.39, 0.29) is 30.2 Å². The summed E-state index contributed by atoms with van der Waals surface area (Å²) >= 11 is 0. The van der Waals surface area contributed by atoms with Gasteiger partial charge in [-0.15, -0.1) is 0 Å². The number of halogens is 2. The smallest absolute Gasteiger partial charge is 0.261 e. The molecule has 0 heterocycles. The van der Waals surface area contributed by atoms with E-state index >= 15 is 0 Å². The average molecular weight is 260 g/mol. The molecule has 4 N–H and O–H groups in total. The lowest BCUT2D eigenvalue weighted by atomic mass is 10.2. The topological polar surface area (TPSA) is 84.6 Å². The van der Waals surface area contributed by atoms with E-state index in [1.165, 1.54) is 18.2 Å². The predicted octanol–water partition coefficient (Wildman–Crippen LogP) is 0.986. The van der Waals surface area contributed by atoms with Crippen LogP contribution in [0.3, 0.4) is 0 Å². The van der Waals surface area contributed by atoms with Crippen molar-refractivity contribution in [3.05, 3.63) is 23.8 Å². The van der Waals surface area contributed by atoms with E-state index in [4.69, 9.17) is 5.73 Å². The van der Waals surface area contributed by atoms with Crippen LogP contribution in [0.4, 0.5) is 14.5 Å². The number of hydrogen-bond donors (Lipinski definition) is 3. The van der Waals surface area contributed by atoms with Gasteiger partial charge < -0.3 is 20.9 Å². The summed E-state index contributed by atoms with van der Waals surface area (Å²) < 4.78 is 28.0. The quantitative estimate of drug-likeness (QED) is 0.404. The van der Waals surface area contributed by atoms with Gasteiger partial charge in [-0.2, -0.15) is 0 Å². The highest BCUT2D eigenvalue weighted by Gasteiger charge is 2.07. The molecule has 18 heavy (non-hydrogen) atoms. The maximum absolute atomic E-state index is 11.7. The number of nitrogens with one attached hydrogen (secondary N) is 1. The molecule has 1 amide bonds. The van der Waals surface area contributed by atoms with Crippen LogP contribution < -0.4 is 11.1 Å². The molecule has 100 valence electrons. The molecule has 0 aliphatic heterocycles. The minimum absolute atomic E-state index is 0.00294. The minimum Gasteiger partial charge on any atom is -0.506 e. The number of carbonyl (C=O) groups excluding carboxylic acids is 1. The lowest BCUT2D eigenvalue weighted by molar-refractivity contribution is 0.0188. The first kappa shape index (κ1) is 14.2. The predicted molar refractivity (Wildman–Crippen MR) is 61.7 cm³/mol. The van der Waals surface area contributed by atoms with E-state index in [1.807, 2.05) is 0 Å². The van der Waals surface area contributed by atoms with Crippen molar-refractivity contribution in [3.63, 3.8) is 0 Å². The number of nitrogens with two attached hydrogens (primary N) is 1. The molecule has 0 radical (unpaired) electrons. The number of hydrogen-bond acceptors (Lipinski definition) is 4. The number of anilines is 1. The first-order valence-corrected chi connectivity index (χ1v) is 5.23. The largest absolute Gasteiger partial charge is 0.506 e. The Kier molecular flexibility index (Phi) is 5.31. The first-order valence-electron chi connectivity index (χ1n) is 5.23. The third kappa shape index (κ3) is 4.54. The second kappa shape index (κ2) is 6.75. The summed E-state index contributed by atoms with van der Waals surface area (Å²) in [4.78, 5) is 11.5. The van der Waals surface area contributed by atoms with Crippen molar-refractivity contribution in [2.45, 2.75) is 6.43 Å². The lowest BCUT2D eigenvalue weighted by Gasteiger charge is -2.07. The molecule has 1 aromatic rings. The molecule has 0 bridgehead atoms. The summed E-state index contributed by atoms with van der Waals surface area (Å²) in [5.41, 5.74) is 5.79. The summed E-state index contributed by atoms with van der Waals surface area (Å²) in [5, 5.41) is 11.8. The summed E-state index contributed by atoms with van der Waals surface area (Å²) in [6.45, 7) is -0.549. The standard InChI is InChI=1S/C11H14F2N2O3/c12-10(13)6-18-4-3-15-11(17)7-1-2-8(14)9(16)5-7/h1-2,5,10,16H,3-4,6,14H2,(H,15,17). The number of ether oxygens (including phenoxy) is 1. The molecule has 0 saturated carbocycles. The third-order valence-corrected chi connectivity index (χ3v) is 2.07. The molecular weight excluding hydrogens is 246 g/mol. The highest BCUT2D eigenvalue weighted by molar-refractivity contribution is 5.95. The average Bonchev–Trinajstić information content (AvgIpc) is 2.31. The molecule has 0 unspecified atom stereocenters. The van der Waals surface area contributed by atoms with Gasteiger partial charge in [0.2, 0.25) is 0 Å². The second-order valence-electron chi connectivity index (χ2n) is 3.50. The monoisotopic (exact) mass is 260 g/mol. The number of rotatable bonds is 6. The molecule has 5 nitrogen and oxygen atoms in total. The maximum Gasteiger partial charge on any atom is 0.261 e. The molecule has 0 aliphatic carbocycles. The zero-order valence-electron chi connectivity index (χ0n) is 9.53. The van der Waals surface area contributed by atoms with Crippen LogP contribution >= 0.6 is 0 Å². The zero-order valence-corrected chi connectivity index (χ0v) is 9.53. The molecule has 7 heteroatoms. The van der Waals surface area contributed by atoms with Crippen molar-refractivity contribution >= 4 is 11.6 Å². The number of nitrogen functional groups attached to an aromatic ring is 1. The van der Waals surface area contributed by atoms with E-state index < -0.39 is 18.9 Å². The molecule has 0 atom stereocenters. The van der Waals surface area contributed by atoms with Gasteiger partial charge in [0, 0.05) is 12.1 Å². The van der Waals surface area contributed by atoms with Crippen molar-refractivity contribution in [2.75, 3.05) is 25.5 Å². The third-order valence-electron chi connectivity index (χ3n) is 2.07. The number of amides is 1. The van der Waals surface area contributed by atoms with Gasteiger partial charge in [-0.1, -0.05) is 0 Å². The van der Waals surface area contributed by atoms with E-state index in [2.05, 4.69) is 10.1 Å². The molecule has 0 spiro atoms. The van der Waals surface area contributed by atoms with Crippen LogP contribution in [0.2, 0.25) is 0 Å². The number of aromatic hydroxyl groups is 1. The Labute approximate surface area is 103 Å². The highest BCUT2D eigenvalue weighted by atomic mass is 19.3. The van der Waals surface area contributed by atoms with Crippen LogP contribution in [0.5, 0.6) is 5.75 Å². The number of phenols is 1. The van der Waals surface area contributed by atoms with E-state index in [0.717, 1.165) is 0 Å². The summed E-state index contributed by atoms with van der Waals surface area (Å²) in [6, 6.07) is 4.08. The SMILES string of the molecule is Nc1ccc(C(=O)NCCOCC(F)F)cc1O. The number of phenolic OH excluding ortho intramolecular Hbond substituents is 1. The molecule has 0 aliphatic rings. The van der Waals surface area contributed by atoms with E-state index in [9.17, 15) is 18.7 Å². The van der Waals surface area contributed by atoms with Gasteiger partial charge in [0.25, 0.3) is 12.3 Å². The second-order valence-corrected chi connectivity index (χ2v) is 3.50. The fraction of sp³-hybridized carbons (Fsp3) is 0.364. The Morgan fingerprint density at radius 1 is 1.50 bits per heavy atom. The van der Waals surface area contributed by atoms with Crippen molar-refractivity contribution in [1.82, 2.24) is 5.32 Å². The molecular formula is C11H14F2N2O3. The van der Waals surface area contributed by atoms with Crippen molar-refractivity contribution < 1.29 is 23.4 Å². The number of benzene rings is 1. The summed E-state index contributed by atoms with van der Waals surface area (Å²) in [7, 11) is 0. The number of alkyl halides is 2. The Balaban J connectivity index is 2.34. The van der Waals surface area contributed by atoms with E-state index in [1.54, 1.807) is 0 Å². The van der Waals surface area contributed by atoms with Crippen LogP contribution in [0.25, 0.3) is 0 Å². The fourth-order valence-corrected chi connectivity index (χ4v) is 1.20. The maximum atomic E-state index is 11.7. The zero-order chi connectivity index (χ0) is 13.5. The summed E-state index contributed by atoms with van der Waals surface area (Å²) in [6.07, 6.45) is -2.52. The van der Waals surface area contributed by atoms with Crippen LogP contribution in [0.1, 0.15) is 10.4 Å². The van der Waals surface area contributed by atoms with Gasteiger partial charge in [-0.3, -0.25) is 4.79 Å². The summed E-state index contributed by atoms with van der Waals surface area (Å²) in [5.74, 6) is -0.623. The van der Waals surface area contributed by atoms with Crippen molar-refractivity contribution in [3.8, 4) is 5.75 Å². The van der Waals surface area contributed by atoms with E-state index in [0.29, 0.717) is 0 Å². The van der Waals surface area contributed by atoms with Crippen LogP contribution in [0, 0.1) is 0 Å². The normalized spacial score (nSPS) is 10.6. The lowest BCUT2D eigenvalue weighted by Crippen LogP contribution is -2.27. The van der Waals surface area contributed by atoms with Crippen molar-refractivity contribution in [1.29, 1.82) is 0 Å². The number of carbonyl (C=O) groups is 1. The van der Waals surface area contributed by atoms with Crippen LogP contribution in [-0.4, -0.2) is 37.2 Å². The van der Waals surface area contributed by atoms with Crippen LogP contribution in [0.15, 0.2) is 18.2 Å². The Bertz CT molecular complexity index is 413. The van der Waals surface area contributed by atoms with Gasteiger partial charge in [-0.25, -0.2) is 8.78 Å². The Hall–Kier alpha value is -1.89. The fourth-order valence-electron chi connectivity index (χ4n) is 1.20. The molecule has 0 fully saturated rings. The highest BCUT2D eigenvalue weighted by Crippen LogP contribution is 2.20. The van der Waals surface area contributed by atoms with Gasteiger partial charge in [0.1, 0.15) is 12.4 Å². The Morgan fingerprint density at radius 3 is 2.83 bits per heavy atom. The van der Waals surface area contributed by atoms with Gasteiger partial charge >= 0.3 is 0 Å². The molecule has 1 rings (SSSR count). The van der Waals surface area contributed by atoms with Gasteiger partial charge in [-0.05, 0) is 18.2 Å². The van der Waals surface area contributed by atoms with Gasteiger partial charge in [0.15, 0.2) is 0 Å². The first-order chi connectivity index (χ1) is 8.50. The Morgan fingerprint density at radius 2 is 2.22 bits per heavy atom. The van der Waals surface area contributed by atoms with Crippen molar-refractivity contribution in [2.24, 2.45) is 0 Å². The molecule has 1 aromatic carbocycles. The minimum atomic E-state index is -2.52. The van der Waals surface area contributed by atoms with Crippen LogP contribution in [-0.2, 0) is 4.74 Å². The van der Waals surface area contributed by atoms with Gasteiger partial charge in [0.05, 0.1) is 12.3 Å². The molecule has 0 aromatic heterocycles.